The molecule has 5 rings (SSSR count). The number of hydrogen-bond acceptors (Lipinski definition) is 3. The molecule has 0 N–H and O–H groups in total. The Morgan fingerprint density at radius 2 is 1.50 bits per heavy atom. The normalized spacial score (nSPS) is 27.7. The fourth-order valence-electron chi connectivity index (χ4n) is 5.70. The van der Waals surface area contributed by atoms with Crippen LogP contribution in [0.4, 0.5) is 0 Å². The molecule has 0 atom stereocenters. The minimum Gasteiger partial charge on any atom is -0.351 e. The zero-order chi connectivity index (χ0) is 20.3. The molecule has 1 saturated heterocycles. The highest BCUT2D eigenvalue weighted by atomic mass is 32.2. The highest BCUT2D eigenvalue weighted by Gasteiger charge is 2.39. The molecule has 3 aliphatic carbocycles. The molecule has 1 amide bonds. The number of nitrogens with zero attached hydrogens (tertiary/aromatic N) is 3. The molecule has 162 valence electrons. The van der Waals surface area contributed by atoms with E-state index < -0.39 is 0 Å². The number of thioether (sulfide) groups is 1. The smallest absolute Gasteiger partial charge is 0.267 e. The summed E-state index contributed by atoms with van der Waals surface area (Å²) in [6, 6.07) is 3.56. The fourth-order valence-corrected chi connectivity index (χ4v) is 6.81. The van der Waals surface area contributed by atoms with Gasteiger partial charge in [0.1, 0.15) is 0 Å². The Hall–Kier alpha value is -1.49. The van der Waals surface area contributed by atoms with Crippen LogP contribution in [-0.2, 0) is 4.79 Å². The lowest BCUT2D eigenvalue weighted by molar-refractivity contribution is -0.124. The van der Waals surface area contributed by atoms with Gasteiger partial charge in [-0.25, -0.2) is 0 Å². The first-order chi connectivity index (χ1) is 14.8. The van der Waals surface area contributed by atoms with Crippen LogP contribution in [0.2, 0.25) is 0 Å². The van der Waals surface area contributed by atoms with E-state index >= 15 is 0 Å². The molecule has 3 saturated carbocycles. The third kappa shape index (κ3) is 4.42. The summed E-state index contributed by atoms with van der Waals surface area (Å²) in [6.45, 7) is 0. The first-order valence-electron chi connectivity index (χ1n) is 12.3. The van der Waals surface area contributed by atoms with E-state index in [0.717, 1.165) is 28.5 Å². The molecule has 2 heterocycles. The van der Waals surface area contributed by atoms with E-state index in [1.165, 1.54) is 77.0 Å². The maximum Gasteiger partial charge on any atom is 0.267 e. The summed E-state index contributed by atoms with van der Waals surface area (Å²) in [7, 11) is 0. The van der Waals surface area contributed by atoms with Gasteiger partial charge in [0.15, 0.2) is 5.17 Å². The number of rotatable bonds is 4. The van der Waals surface area contributed by atoms with Crippen LogP contribution in [0.1, 0.15) is 101 Å². The molecule has 1 aromatic heterocycles. The first-order valence-corrected chi connectivity index (χ1v) is 13.1. The van der Waals surface area contributed by atoms with Crippen LogP contribution in [0.15, 0.2) is 28.4 Å². The van der Waals surface area contributed by atoms with E-state index in [0.29, 0.717) is 18.1 Å². The number of amides is 1. The molecule has 1 aromatic rings. The molecule has 4 fully saturated rings. The van der Waals surface area contributed by atoms with Crippen molar-refractivity contribution in [3.8, 4) is 0 Å². The van der Waals surface area contributed by atoms with Gasteiger partial charge in [-0.2, -0.15) is 0 Å². The summed E-state index contributed by atoms with van der Waals surface area (Å²) in [5.41, 5.74) is 1.15. The van der Waals surface area contributed by atoms with Crippen molar-refractivity contribution in [1.82, 2.24) is 9.47 Å². The molecule has 4 nitrogen and oxygen atoms in total. The van der Waals surface area contributed by atoms with Crippen molar-refractivity contribution in [2.24, 2.45) is 4.99 Å². The van der Waals surface area contributed by atoms with Gasteiger partial charge < -0.3 is 4.57 Å². The predicted molar refractivity (Wildman–Crippen MR) is 126 cm³/mol. The second-order valence-electron chi connectivity index (χ2n) is 9.61. The summed E-state index contributed by atoms with van der Waals surface area (Å²) >= 11 is 1.63. The van der Waals surface area contributed by atoms with Crippen molar-refractivity contribution in [3.63, 3.8) is 0 Å². The Kier molecular flexibility index (Phi) is 6.35. The van der Waals surface area contributed by atoms with E-state index in [4.69, 9.17) is 4.99 Å². The standard InChI is InChI=1S/C25H35N3OS/c29-24-23(17-19-15-16-27(18-19)21-11-7-8-12-21)30-25(26-20-9-3-1-4-10-20)28(24)22-13-5-2-6-14-22/h15-18,20-22H,1-14H2/b23-17+,26-25?. The van der Waals surface area contributed by atoms with Crippen LogP contribution >= 0.6 is 11.8 Å². The third-order valence-corrected chi connectivity index (χ3v) is 8.42. The van der Waals surface area contributed by atoms with E-state index in [9.17, 15) is 4.79 Å². The zero-order valence-electron chi connectivity index (χ0n) is 18.1. The van der Waals surface area contributed by atoms with Crippen molar-refractivity contribution < 1.29 is 4.79 Å². The molecule has 0 aromatic carbocycles. The molecule has 30 heavy (non-hydrogen) atoms. The highest BCUT2D eigenvalue weighted by Crippen LogP contribution is 2.39. The summed E-state index contributed by atoms with van der Waals surface area (Å²) in [5.74, 6) is 0.190. The molecule has 0 radical (unpaired) electrons. The molecule has 5 heteroatoms. The second kappa shape index (κ2) is 9.33. The summed E-state index contributed by atoms with van der Waals surface area (Å²) in [4.78, 5) is 21.6. The van der Waals surface area contributed by atoms with Crippen LogP contribution in [0.5, 0.6) is 0 Å². The van der Waals surface area contributed by atoms with Crippen molar-refractivity contribution in [3.05, 3.63) is 28.9 Å². The van der Waals surface area contributed by atoms with E-state index in [1.807, 2.05) is 0 Å². The molecule has 4 aliphatic rings. The van der Waals surface area contributed by atoms with Crippen molar-refractivity contribution >= 4 is 28.9 Å². The van der Waals surface area contributed by atoms with Crippen LogP contribution in [0.25, 0.3) is 6.08 Å². The minimum atomic E-state index is 0.190. The lowest BCUT2D eigenvalue weighted by atomic mass is 9.94. The van der Waals surface area contributed by atoms with Crippen molar-refractivity contribution in [1.29, 1.82) is 0 Å². The average molecular weight is 426 g/mol. The van der Waals surface area contributed by atoms with Gasteiger partial charge in [0, 0.05) is 24.5 Å². The SMILES string of the molecule is O=C1/C(=C\c2ccn(C3CCCC3)c2)SC(=NC2CCCCC2)N1C1CCCCC1. The van der Waals surface area contributed by atoms with Crippen molar-refractivity contribution in [2.75, 3.05) is 0 Å². The molecule has 0 bridgehead atoms. The maximum absolute atomic E-state index is 13.5. The number of aromatic nitrogens is 1. The number of carbonyl (C=O) groups is 1. The molecule has 1 aliphatic heterocycles. The van der Waals surface area contributed by atoms with Crippen LogP contribution < -0.4 is 0 Å². The van der Waals surface area contributed by atoms with Gasteiger partial charge >= 0.3 is 0 Å². The Morgan fingerprint density at radius 3 is 2.23 bits per heavy atom. The highest BCUT2D eigenvalue weighted by molar-refractivity contribution is 8.18. The van der Waals surface area contributed by atoms with Gasteiger partial charge in [-0.1, -0.05) is 51.4 Å². The average Bonchev–Trinajstić information content (AvgIpc) is 3.52. The second-order valence-corrected chi connectivity index (χ2v) is 10.6. The summed E-state index contributed by atoms with van der Waals surface area (Å²) < 4.78 is 2.36. The van der Waals surface area contributed by atoms with Gasteiger partial charge in [0.05, 0.1) is 10.9 Å². The Morgan fingerprint density at radius 1 is 0.867 bits per heavy atom. The van der Waals surface area contributed by atoms with Gasteiger partial charge in [0.25, 0.3) is 5.91 Å². The number of carbonyl (C=O) groups excluding carboxylic acids is 1. The topological polar surface area (TPSA) is 37.6 Å². The Labute approximate surface area is 185 Å². The van der Waals surface area contributed by atoms with E-state index in [2.05, 4.69) is 34.0 Å². The van der Waals surface area contributed by atoms with Crippen LogP contribution in [-0.4, -0.2) is 32.6 Å². The molecule has 0 unspecified atom stereocenters. The molecular formula is C25H35N3OS. The first kappa shape index (κ1) is 20.4. The fraction of sp³-hybridized carbons (Fsp3) is 0.680. The Bertz CT molecular complexity index is 808. The van der Waals surface area contributed by atoms with Gasteiger partial charge in [-0.05, 0) is 68.0 Å². The predicted octanol–water partition coefficient (Wildman–Crippen LogP) is 6.54. The zero-order valence-corrected chi connectivity index (χ0v) is 18.9. The summed E-state index contributed by atoms with van der Waals surface area (Å²) in [6.07, 6.45) is 24.1. The largest absolute Gasteiger partial charge is 0.351 e. The van der Waals surface area contributed by atoms with E-state index in [1.54, 1.807) is 11.8 Å². The lowest BCUT2D eigenvalue weighted by Crippen LogP contribution is -2.41. The van der Waals surface area contributed by atoms with Crippen molar-refractivity contribution in [2.45, 2.75) is 108 Å². The van der Waals surface area contributed by atoms with Gasteiger partial charge in [0.2, 0.25) is 0 Å². The van der Waals surface area contributed by atoms with Gasteiger partial charge in [-0.15, -0.1) is 0 Å². The number of hydrogen-bond donors (Lipinski definition) is 0. The minimum absolute atomic E-state index is 0.190. The quantitative estimate of drug-likeness (QED) is 0.514. The van der Waals surface area contributed by atoms with Crippen LogP contribution in [0.3, 0.4) is 0 Å². The van der Waals surface area contributed by atoms with E-state index in [-0.39, 0.29) is 5.91 Å². The monoisotopic (exact) mass is 425 g/mol. The maximum atomic E-state index is 13.5. The number of amidine groups is 1. The van der Waals surface area contributed by atoms with Crippen LogP contribution in [0, 0.1) is 0 Å². The molecular weight excluding hydrogens is 390 g/mol. The lowest BCUT2D eigenvalue weighted by Gasteiger charge is -2.31. The third-order valence-electron chi connectivity index (χ3n) is 7.43. The summed E-state index contributed by atoms with van der Waals surface area (Å²) in [5, 5.41) is 0.986. The van der Waals surface area contributed by atoms with Gasteiger partial charge in [-0.3, -0.25) is 14.7 Å². The Balaban J connectivity index is 1.39. The number of aliphatic imine (C=N–C) groups is 1. The molecule has 0 spiro atoms.